The van der Waals surface area contributed by atoms with Gasteiger partial charge in [-0.2, -0.15) is 0 Å². The summed E-state index contributed by atoms with van der Waals surface area (Å²) in [4.78, 5) is 38.0. The predicted octanol–water partition coefficient (Wildman–Crippen LogP) is 2.77. The lowest BCUT2D eigenvalue weighted by molar-refractivity contribution is -0.114. The highest BCUT2D eigenvalue weighted by atomic mass is 16.6. The number of cyclic esters (lactones) is 1. The van der Waals surface area contributed by atoms with Crippen molar-refractivity contribution in [1.29, 1.82) is 0 Å². The van der Waals surface area contributed by atoms with E-state index in [9.17, 15) is 14.4 Å². The van der Waals surface area contributed by atoms with Crippen LogP contribution >= 0.6 is 0 Å². The summed E-state index contributed by atoms with van der Waals surface area (Å²) in [6, 6.07) is 7.79. The van der Waals surface area contributed by atoms with Gasteiger partial charge < -0.3 is 20.3 Å². The molecule has 0 unspecified atom stereocenters. The summed E-state index contributed by atoms with van der Waals surface area (Å²) >= 11 is 0. The Hall–Kier alpha value is -2.61. The molecule has 29 heavy (non-hydrogen) atoms. The number of urea groups is 1. The second-order valence-electron chi connectivity index (χ2n) is 7.63. The van der Waals surface area contributed by atoms with Crippen LogP contribution in [0.5, 0.6) is 0 Å². The minimum Gasteiger partial charge on any atom is -0.447 e. The first-order chi connectivity index (χ1) is 14.0. The number of benzene rings is 1. The highest BCUT2D eigenvalue weighted by Gasteiger charge is 2.28. The summed E-state index contributed by atoms with van der Waals surface area (Å²) in [5.74, 6) is 0.480. The minimum atomic E-state index is -0.562. The maximum atomic E-state index is 11.9. The Kier molecular flexibility index (Phi) is 7.46. The fourth-order valence-electron chi connectivity index (χ4n) is 3.89. The number of carbonyl (C=O) groups is 3. The van der Waals surface area contributed by atoms with E-state index in [1.165, 1.54) is 12.5 Å². The molecule has 0 spiro atoms. The fraction of sp³-hybridized carbons (Fsp3) is 0.571. The van der Waals surface area contributed by atoms with Gasteiger partial charge in [-0.15, -0.1) is 0 Å². The summed E-state index contributed by atoms with van der Waals surface area (Å²) in [7, 11) is 0. The Balaban J connectivity index is 1.31. The fourth-order valence-corrected chi connectivity index (χ4v) is 3.89. The molecule has 3 rings (SSSR count). The van der Waals surface area contributed by atoms with E-state index in [-0.39, 0.29) is 18.5 Å². The number of rotatable bonds is 7. The van der Waals surface area contributed by atoms with Crippen molar-refractivity contribution in [3.8, 4) is 0 Å². The average Bonchev–Trinajstić information content (AvgIpc) is 3.14. The van der Waals surface area contributed by atoms with E-state index in [1.54, 1.807) is 0 Å². The molecule has 4 amide bonds. The zero-order chi connectivity index (χ0) is 20.6. The molecule has 158 valence electrons. The first-order valence-electron chi connectivity index (χ1n) is 10.3. The van der Waals surface area contributed by atoms with Crippen molar-refractivity contribution >= 4 is 23.7 Å². The number of unbranched alkanes of at least 4 members (excludes halogenated alkanes) is 1. The highest BCUT2D eigenvalue weighted by molar-refractivity contribution is 5.91. The zero-order valence-corrected chi connectivity index (χ0v) is 17.0. The van der Waals surface area contributed by atoms with Gasteiger partial charge in [-0.25, -0.2) is 14.5 Å². The Labute approximate surface area is 171 Å². The number of piperidine rings is 1. The van der Waals surface area contributed by atoms with Crippen LogP contribution in [0.25, 0.3) is 0 Å². The molecule has 2 fully saturated rings. The number of imide groups is 1. The maximum absolute atomic E-state index is 11.9. The van der Waals surface area contributed by atoms with Gasteiger partial charge >= 0.3 is 12.1 Å². The molecule has 0 aliphatic carbocycles. The number of anilines is 1. The second-order valence-corrected chi connectivity index (χ2v) is 7.63. The van der Waals surface area contributed by atoms with Gasteiger partial charge in [0.25, 0.3) is 0 Å². The third kappa shape index (κ3) is 6.19. The van der Waals surface area contributed by atoms with Gasteiger partial charge in [0, 0.05) is 19.2 Å². The van der Waals surface area contributed by atoms with Crippen LogP contribution in [-0.4, -0.2) is 67.2 Å². The van der Waals surface area contributed by atoms with E-state index in [4.69, 9.17) is 4.74 Å². The summed E-state index contributed by atoms with van der Waals surface area (Å²) in [5.41, 5.74) is 2.15. The van der Waals surface area contributed by atoms with Crippen molar-refractivity contribution in [3.05, 3.63) is 29.8 Å². The molecule has 1 aromatic rings. The van der Waals surface area contributed by atoms with Gasteiger partial charge in [0.05, 0.1) is 6.54 Å². The van der Waals surface area contributed by atoms with Crippen LogP contribution in [0.1, 0.15) is 44.1 Å². The van der Waals surface area contributed by atoms with Gasteiger partial charge in [-0.05, 0) is 68.9 Å². The van der Waals surface area contributed by atoms with Crippen LogP contribution in [0.3, 0.4) is 0 Å². The van der Waals surface area contributed by atoms with E-state index in [1.807, 2.05) is 12.1 Å². The number of amides is 4. The molecule has 0 bridgehead atoms. The zero-order valence-electron chi connectivity index (χ0n) is 17.0. The smallest absolute Gasteiger partial charge is 0.418 e. The topological polar surface area (TPSA) is 91.0 Å². The Morgan fingerprint density at radius 2 is 1.97 bits per heavy atom. The number of hydrogen-bond acceptors (Lipinski definition) is 5. The molecule has 0 radical (unpaired) electrons. The molecular weight excluding hydrogens is 372 g/mol. The molecule has 2 aliphatic rings. The summed E-state index contributed by atoms with van der Waals surface area (Å²) < 4.78 is 4.76. The van der Waals surface area contributed by atoms with Crippen molar-refractivity contribution in [3.63, 3.8) is 0 Å². The first kappa shape index (κ1) is 21.1. The lowest BCUT2D eigenvalue weighted by Gasteiger charge is -2.32. The van der Waals surface area contributed by atoms with E-state index in [0.717, 1.165) is 55.9 Å². The maximum Gasteiger partial charge on any atom is 0.418 e. The number of carbonyl (C=O) groups excluding carboxylic acids is 3. The van der Waals surface area contributed by atoms with Crippen LogP contribution < -0.4 is 10.6 Å². The molecular formula is C21H30N4O4. The number of nitrogens with one attached hydrogen (secondary N) is 2. The third-order valence-corrected chi connectivity index (χ3v) is 5.45. The van der Waals surface area contributed by atoms with Crippen LogP contribution in [-0.2, 0) is 9.53 Å². The second kappa shape index (κ2) is 10.2. The van der Waals surface area contributed by atoms with Crippen molar-refractivity contribution in [2.75, 3.05) is 44.6 Å². The van der Waals surface area contributed by atoms with Gasteiger partial charge in [-0.3, -0.25) is 4.79 Å². The Morgan fingerprint density at radius 1 is 1.17 bits per heavy atom. The predicted molar refractivity (Wildman–Crippen MR) is 110 cm³/mol. The highest BCUT2D eigenvalue weighted by Crippen LogP contribution is 2.29. The van der Waals surface area contributed by atoms with E-state index < -0.39 is 6.09 Å². The van der Waals surface area contributed by atoms with E-state index in [2.05, 4.69) is 27.7 Å². The van der Waals surface area contributed by atoms with Crippen molar-refractivity contribution in [2.45, 2.75) is 38.5 Å². The van der Waals surface area contributed by atoms with Crippen molar-refractivity contribution in [2.24, 2.45) is 0 Å². The monoisotopic (exact) mass is 402 g/mol. The first-order valence-corrected chi connectivity index (χ1v) is 10.3. The lowest BCUT2D eigenvalue weighted by Crippen LogP contribution is -2.41. The number of likely N-dealkylation sites (tertiary alicyclic amines) is 1. The van der Waals surface area contributed by atoms with Crippen LogP contribution in [0, 0.1) is 0 Å². The Morgan fingerprint density at radius 3 is 2.66 bits per heavy atom. The van der Waals surface area contributed by atoms with Crippen molar-refractivity contribution < 1.29 is 19.1 Å². The molecule has 0 saturated carbocycles. The summed E-state index contributed by atoms with van der Waals surface area (Å²) in [6.45, 7) is 5.82. The summed E-state index contributed by atoms with van der Waals surface area (Å²) in [5, 5.41) is 5.63. The largest absolute Gasteiger partial charge is 0.447 e. The number of nitrogens with zero attached hydrogens (tertiary/aromatic N) is 2. The molecule has 1 aromatic carbocycles. The van der Waals surface area contributed by atoms with E-state index in [0.29, 0.717) is 19.0 Å². The number of hydrogen-bond donors (Lipinski definition) is 2. The molecule has 0 atom stereocenters. The quantitative estimate of drug-likeness (QED) is 0.685. The van der Waals surface area contributed by atoms with Gasteiger partial charge in [-0.1, -0.05) is 12.1 Å². The average molecular weight is 402 g/mol. The van der Waals surface area contributed by atoms with Crippen LogP contribution in [0.4, 0.5) is 15.3 Å². The molecule has 0 aromatic heterocycles. The molecule has 2 N–H and O–H groups in total. The molecule has 8 heteroatoms. The lowest BCUT2D eigenvalue weighted by atomic mass is 9.89. The molecule has 2 heterocycles. The van der Waals surface area contributed by atoms with Gasteiger partial charge in [0.2, 0.25) is 5.91 Å². The SMILES string of the molecule is CC(=O)Nc1cccc(C2CCN(CCCCNC(=O)N3CCOC3=O)CC2)c1. The normalized spacial score (nSPS) is 17.8. The third-order valence-electron chi connectivity index (χ3n) is 5.45. The van der Waals surface area contributed by atoms with Gasteiger partial charge in [0.15, 0.2) is 0 Å². The van der Waals surface area contributed by atoms with E-state index >= 15 is 0 Å². The molecule has 8 nitrogen and oxygen atoms in total. The summed E-state index contributed by atoms with van der Waals surface area (Å²) in [6.07, 6.45) is 3.54. The Bertz CT molecular complexity index is 731. The van der Waals surface area contributed by atoms with Crippen LogP contribution in [0.15, 0.2) is 24.3 Å². The van der Waals surface area contributed by atoms with Gasteiger partial charge in [0.1, 0.15) is 6.61 Å². The van der Waals surface area contributed by atoms with Crippen molar-refractivity contribution in [1.82, 2.24) is 15.1 Å². The minimum absolute atomic E-state index is 0.0477. The standard InChI is InChI=1S/C21H30N4O4/c1-16(26)23-19-6-4-5-18(15-19)17-7-11-24(12-8-17)10-3-2-9-22-20(27)25-13-14-29-21(25)28/h4-6,15,17H,2-3,7-14H2,1H3,(H,22,27)(H,23,26). The molecule has 2 aliphatic heterocycles. The van der Waals surface area contributed by atoms with Crippen LogP contribution in [0.2, 0.25) is 0 Å². The molecule has 2 saturated heterocycles. The number of ether oxygens (including phenoxy) is 1.